The van der Waals surface area contributed by atoms with Gasteiger partial charge in [-0.15, -0.1) is 0 Å². The van der Waals surface area contributed by atoms with Gasteiger partial charge in [0.25, 0.3) is 0 Å². The molecule has 1 aliphatic rings. The first-order chi connectivity index (χ1) is 7.77. The van der Waals surface area contributed by atoms with E-state index >= 15 is 0 Å². The molecule has 0 bridgehead atoms. The van der Waals surface area contributed by atoms with Crippen LogP contribution in [-0.4, -0.2) is 30.8 Å². The second kappa shape index (κ2) is 5.64. The molecule has 1 heterocycles. The highest BCUT2D eigenvalue weighted by atomic mass is 35.5. The Bertz CT molecular complexity index is 346. The summed E-state index contributed by atoms with van der Waals surface area (Å²) in [6, 6.07) is 7.81. The van der Waals surface area contributed by atoms with Crippen LogP contribution in [0.25, 0.3) is 0 Å². The lowest BCUT2D eigenvalue weighted by atomic mass is 10.1. The third-order valence-corrected chi connectivity index (χ3v) is 3.35. The van der Waals surface area contributed by atoms with Gasteiger partial charge in [0.05, 0.1) is 6.10 Å². The lowest BCUT2D eigenvalue weighted by molar-refractivity contribution is 0.146. The highest BCUT2D eigenvalue weighted by Gasteiger charge is 2.23. The molecule has 1 saturated heterocycles. The molecule has 0 radical (unpaired) electrons. The van der Waals surface area contributed by atoms with Crippen molar-refractivity contribution >= 4 is 11.6 Å². The van der Waals surface area contributed by atoms with Crippen molar-refractivity contribution in [2.24, 2.45) is 5.92 Å². The van der Waals surface area contributed by atoms with Crippen molar-refractivity contribution in [2.75, 3.05) is 19.6 Å². The predicted molar refractivity (Wildman–Crippen MR) is 65.5 cm³/mol. The topological polar surface area (TPSA) is 44.3 Å². The van der Waals surface area contributed by atoms with Crippen molar-refractivity contribution < 1.29 is 5.11 Å². The van der Waals surface area contributed by atoms with Crippen LogP contribution in [0.4, 0.5) is 0 Å². The molecule has 1 aliphatic heterocycles. The number of hydrogen-bond acceptors (Lipinski definition) is 3. The Morgan fingerprint density at radius 1 is 1.38 bits per heavy atom. The number of rotatable bonds is 4. The summed E-state index contributed by atoms with van der Waals surface area (Å²) in [6.07, 6.45) is -0.223. The van der Waals surface area contributed by atoms with E-state index in [0.717, 1.165) is 30.2 Å². The Balaban J connectivity index is 1.78. The van der Waals surface area contributed by atoms with Crippen molar-refractivity contribution in [1.82, 2.24) is 10.6 Å². The molecule has 0 spiro atoms. The van der Waals surface area contributed by atoms with Crippen LogP contribution in [0.2, 0.25) is 5.02 Å². The Morgan fingerprint density at radius 2 is 2.19 bits per heavy atom. The molecule has 1 aromatic rings. The molecule has 0 saturated carbocycles. The molecule has 3 N–H and O–H groups in total. The molecule has 2 atom stereocenters. The number of aliphatic hydroxyl groups excluding tert-OH is 1. The van der Waals surface area contributed by atoms with E-state index in [-0.39, 0.29) is 6.10 Å². The van der Waals surface area contributed by atoms with Gasteiger partial charge in [0.15, 0.2) is 0 Å². The molecular formula is C12H17ClN2O. The molecule has 88 valence electrons. The number of β-amino-alcohol motifs (C(OH)–C–C–N with tert-alkyl or cyclic N) is 1. The molecular weight excluding hydrogens is 224 g/mol. The van der Waals surface area contributed by atoms with Crippen molar-refractivity contribution in [2.45, 2.75) is 12.6 Å². The van der Waals surface area contributed by atoms with Crippen LogP contribution in [0.15, 0.2) is 24.3 Å². The minimum Gasteiger partial charge on any atom is -0.391 e. The van der Waals surface area contributed by atoms with Gasteiger partial charge in [-0.05, 0) is 11.6 Å². The minimum atomic E-state index is -0.223. The fraction of sp³-hybridized carbons (Fsp3) is 0.500. The third kappa shape index (κ3) is 2.95. The molecule has 0 aliphatic carbocycles. The van der Waals surface area contributed by atoms with E-state index in [2.05, 4.69) is 10.6 Å². The van der Waals surface area contributed by atoms with Gasteiger partial charge >= 0.3 is 0 Å². The molecule has 2 unspecified atom stereocenters. The molecule has 2 rings (SSSR count). The molecule has 4 heteroatoms. The number of halogens is 1. The molecule has 3 nitrogen and oxygen atoms in total. The highest BCUT2D eigenvalue weighted by molar-refractivity contribution is 6.31. The minimum absolute atomic E-state index is 0.223. The number of benzene rings is 1. The number of hydrogen-bond donors (Lipinski definition) is 3. The zero-order valence-corrected chi connectivity index (χ0v) is 9.87. The first-order valence-electron chi connectivity index (χ1n) is 5.60. The number of nitrogens with one attached hydrogen (secondary N) is 2. The SMILES string of the molecule is OC1CNCC1CNCc1ccccc1Cl. The van der Waals surface area contributed by atoms with Crippen molar-refractivity contribution in [3.63, 3.8) is 0 Å². The van der Waals surface area contributed by atoms with E-state index in [1.807, 2.05) is 24.3 Å². The third-order valence-electron chi connectivity index (χ3n) is 2.98. The van der Waals surface area contributed by atoms with Crippen LogP contribution in [0.1, 0.15) is 5.56 Å². The summed E-state index contributed by atoms with van der Waals surface area (Å²) in [5.74, 6) is 0.308. The normalized spacial score (nSPS) is 24.9. The Labute approximate surface area is 101 Å². The average molecular weight is 241 g/mol. The lowest BCUT2D eigenvalue weighted by Crippen LogP contribution is -2.30. The van der Waals surface area contributed by atoms with E-state index in [9.17, 15) is 5.11 Å². The van der Waals surface area contributed by atoms with Gasteiger partial charge in [-0.2, -0.15) is 0 Å². The maximum Gasteiger partial charge on any atom is 0.0716 e. The largest absolute Gasteiger partial charge is 0.391 e. The standard InChI is InChI=1S/C12H17ClN2O/c13-11-4-2-1-3-9(11)5-14-6-10-7-15-8-12(10)16/h1-4,10,12,14-16H,5-8H2. The van der Waals surface area contributed by atoms with Crippen LogP contribution in [0.5, 0.6) is 0 Å². The van der Waals surface area contributed by atoms with Crippen molar-refractivity contribution in [3.8, 4) is 0 Å². The van der Waals surface area contributed by atoms with Crippen LogP contribution < -0.4 is 10.6 Å². The van der Waals surface area contributed by atoms with Crippen LogP contribution in [0, 0.1) is 5.92 Å². The van der Waals surface area contributed by atoms with E-state index in [4.69, 9.17) is 11.6 Å². The molecule has 1 fully saturated rings. The summed E-state index contributed by atoms with van der Waals surface area (Å²) in [5.41, 5.74) is 1.10. The first kappa shape index (κ1) is 11.9. The van der Waals surface area contributed by atoms with Gasteiger partial charge < -0.3 is 15.7 Å². The van der Waals surface area contributed by atoms with Gasteiger partial charge in [0.1, 0.15) is 0 Å². The van der Waals surface area contributed by atoms with E-state index in [1.54, 1.807) is 0 Å². The maximum absolute atomic E-state index is 9.61. The Morgan fingerprint density at radius 3 is 2.88 bits per heavy atom. The monoisotopic (exact) mass is 240 g/mol. The second-order valence-electron chi connectivity index (χ2n) is 4.21. The zero-order chi connectivity index (χ0) is 11.4. The first-order valence-corrected chi connectivity index (χ1v) is 5.98. The fourth-order valence-corrected chi connectivity index (χ4v) is 2.16. The van der Waals surface area contributed by atoms with Gasteiger partial charge in [-0.1, -0.05) is 29.8 Å². The fourth-order valence-electron chi connectivity index (χ4n) is 1.96. The van der Waals surface area contributed by atoms with Gasteiger partial charge in [0, 0.05) is 37.1 Å². The maximum atomic E-state index is 9.61. The molecule has 0 amide bonds. The molecule has 16 heavy (non-hydrogen) atoms. The average Bonchev–Trinajstić information content (AvgIpc) is 2.67. The van der Waals surface area contributed by atoms with Gasteiger partial charge in [-0.3, -0.25) is 0 Å². The van der Waals surface area contributed by atoms with E-state index in [1.165, 1.54) is 0 Å². The predicted octanol–water partition coefficient (Wildman–Crippen LogP) is 1.01. The van der Waals surface area contributed by atoms with Crippen molar-refractivity contribution in [1.29, 1.82) is 0 Å². The molecule has 1 aromatic carbocycles. The van der Waals surface area contributed by atoms with Gasteiger partial charge in [-0.25, -0.2) is 0 Å². The summed E-state index contributed by atoms with van der Waals surface area (Å²) in [7, 11) is 0. The Kier molecular flexibility index (Phi) is 4.18. The van der Waals surface area contributed by atoms with Crippen molar-refractivity contribution in [3.05, 3.63) is 34.9 Å². The van der Waals surface area contributed by atoms with E-state index in [0.29, 0.717) is 12.5 Å². The Hall–Kier alpha value is -0.610. The summed E-state index contributed by atoms with van der Waals surface area (Å²) in [6.45, 7) is 3.16. The van der Waals surface area contributed by atoms with Crippen LogP contribution in [-0.2, 0) is 6.54 Å². The smallest absolute Gasteiger partial charge is 0.0716 e. The lowest BCUT2D eigenvalue weighted by Gasteiger charge is -2.14. The van der Waals surface area contributed by atoms with Crippen LogP contribution >= 0.6 is 11.6 Å². The number of aliphatic hydroxyl groups is 1. The highest BCUT2D eigenvalue weighted by Crippen LogP contribution is 2.14. The van der Waals surface area contributed by atoms with E-state index < -0.39 is 0 Å². The summed E-state index contributed by atoms with van der Waals surface area (Å²) >= 11 is 6.05. The second-order valence-corrected chi connectivity index (χ2v) is 4.62. The van der Waals surface area contributed by atoms with Gasteiger partial charge in [0.2, 0.25) is 0 Å². The quantitative estimate of drug-likeness (QED) is 0.736. The summed E-state index contributed by atoms with van der Waals surface area (Å²) < 4.78 is 0. The van der Waals surface area contributed by atoms with Crippen LogP contribution in [0.3, 0.4) is 0 Å². The summed E-state index contributed by atoms with van der Waals surface area (Å²) in [5, 5.41) is 16.9. The summed E-state index contributed by atoms with van der Waals surface area (Å²) in [4.78, 5) is 0. The molecule has 0 aromatic heterocycles. The zero-order valence-electron chi connectivity index (χ0n) is 9.12.